The van der Waals surface area contributed by atoms with Crippen LogP contribution in [0.3, 0.4) is 0 Å². The van der Waals surface area contributed by atoms with Gasteiger partial charge in [-0.2, -0.15) is 0 Å². The molecule has 3 rings (SSSR count). The van der Waals surface area contributed by atoms with E-state index in [9.17, 15) is 4.79 Å². The number of rotatable bonds is 3. The molecule has 1 amide bonds. The molecule has 5 nitrogen and oxygen atoms in total. The number of carbonyl (C=O) groups is 1. The van der Waals surface area contributed by atoms with Crippen molar-refractivity contribution >= 4 is 11.6 Å². The van der Waals surface area contributed by atoms with Crippen LogP contribution >= 0.6 is 0 Å². The van der Waals surface area contributed by atoms with Gasteiger partial charge in [0, 0.05) is 51.2 Å². The molecule has 1 N–H and O–H groups in total. The second kappa shape index (κ2) is 5.64. The van der Waals surface area contributed by atoms with Gasteiger partial charge in [0.25, 0.3) is 5.91 Å². The number of aromatic nitrogens is 1. The van der Waals surface area contributed by atoms with Crippen LogP contribution in [-0.4, -0.2) is 55.1 Å². The Bertz CT molecular complexity index is 519. The van der Waals surface area contributed by atoms with Crippen molar-refractivity contribution in [1.29, 1.82) is 0 Å². The van der Waals surface area contributed by atoms with Crippen molar-refractivity contribution in [2.24, 2.45) is 0 Å². The van der Waals surface area contributed by atoms with E-state index in [1.54, 1.807) is 25.2 Å². The Kier molecular flexibility index (Phi) is 3.85. The largest absolute Gasteiger partial charge is 0.371 e. The first-order valence-corrected chi connectivity index (χ1v) is 7.71. The van der Waals surface area contributed by atoms with Crippen LogP contribution in [0.25, 0.3) is 0 Å². The van der Waals surface area contributed by atoms with E-state index in [0.29, 0.717) is 23.8 Å². The Morgan fingerprint density at radius 3 is 2.52 bits per heavy atom. The molecule has 1 aromatic rings. The molecule has 0 aliphatic carbocycles. The van der Waals surface area contributed by atoms with Crippen LogP contribution < -0.4 is 10.2 Å². The van der Waals surface area contributed by atoms with E-state index in [4.69, 9.17) is 0 Å². The Hall–Kier alpha value is -1.62. The molecule has 2 unspecified atom stereocenters. The van der Waals surface area contributed by atoms with Gasteiger partial charge >= 0.3 is 0 Å². The van der Waals surface area contributed by atoms with Gasteiger partial charge in [0.05, 0.1) is 0 Å². The molecule has 5 heteroatoms. The van der Waals surface area contributed by atoms with Gasteiger partial charge in [-0.15, -0.1) is 0 Å². The summed E-state index contributed by atoms with van der Waals surface area (Å²) in [7, 11) is 5.64. The molecular weight excluding hydrogens is 264 g/mol. The quantitative estimate of drug-likeness (QED) is 0.916. The first kappa shape index (κ1) is 14.3. The number of hydrogen-bond acceptors (Lipinski definition) is 4. The minimum Gasteiger partial charge on any atom is -0.371 e. The molecule has 2 aliphatic heterocycles. The SMILES string of the molecule is CN(C)C(=O)c1cc(N(C)C2CC3CCC(C2)N3)ccn1. The van der Waals surface area contributed by atoms with Gasteiger partial charge in [-0.1, -0.05) is 0 Å². The van der Waals surface area contributed by atoms with Crippen molar-refractivity contribution in [2.45, 2.75) is 43.8 Å². The molecule has 2 atom stereocenters. The van der Waals surface area contributed by atoms with E-state index in [1.165, 1.54) is 25.7 Å². The number of nitrogens with one attached hydrogen (secondary N) is 1. The number of fused-ring (bicyclic) bond motifs is 2. The summed E-state index contributed by atoms with van der Waals surface area (Å²) in [6.45, 7) is 0. The number of nitrogens with zero attached hydrogens (tertiary/aromatic N) is 3. The van der Waals surface area contributed by atoms with E-state index in [0.717, 1.165) is 5.69 Å². The van der Waals surface area contributed by atoms with Gasteiger partial charge in [0.2, 0.25) is 0 Å². The summed E-state index contributed by atoms with van der Waals surface area (Å²) < 4.78 is 0. The van der Waals surface area contributed by atoms with E-state index < -0.39 is 0 Å². The molecule has 2 bridgehead atoms. The molecule has 114 valence electrons. The van der Waals surface area contributed by atoms with E-state index in [-0.39, 0.29) is 5.91 Å². The predicted octanol–water partition coefficient (Wildman–Crippen LogP) is 1.50. The number of anilines is 1. The van der Waals surface area contributed by atoms with Crippen LogP contribution in [0.5, 0.6) is 0 Å². The summed E-state index contributed by atoms with van der Waals surface area (Å²) in [5.74, 6) is -0.0457. The highest BCUT2D eigenvalue weighted by Gasteiger charge is 2.35. The third-order valence-corrected chi connectivity index (χ3v) is 4.77. The van der Waals surface area contributed by atoms with E-state index in [1.807, 2.05) is 12.1 Å². The minimum absolute atomic E-state index is 0.0457. The third-order valence-electron chi connectivity index (χ3n) is 4.77. The molecule has 0 saturated carbocycles. The maximum atomic E-state index is 12.0. The normalized spacial score (nSPS) is 27.5. The maximum Gasteiger partial charge on any atom is 0.272 e. The second-order valence-electron chi connectivity index (χ2n) is 6.47. The van der Waals surface area contributed by atoms with Gasteiger partial charge in [-0.25, -0.2) is 0 Å². The van der Waals surface area contributed by atoms with Crippen LogP contribution in [0.15, 0.2) is 18.3 Å². The second-order valence-corrected chi connectivity index (χ2v) is 6.47. The highest BCUT2D eigenvalue weighted by atomic mass is 16.2. The van der Waals surface area contributed by atoms with Crippen molar-refractivity contribution < 1.29 is 4.79 Å². The van der Waals surface area contributed by atoms with Crippen molar-refractivity contribution in [1.82, 2.24) is 15.2 Å². The van der Waals surface area contributed by atoms with Crippen LogP contribution in [0.2, 0.25) is 0 Å². The van der Waals surface area contributed by atoms with Gasteiger partial charge in [0.1, 0.15) is 5.69 Å². The van der Waals surface area contributed by atoms with Crippen LogP contribution in [0.1, 0.15) is 36.2 Å². The summed E-state index contributed by atoms with van der Waals surface area (Å²) in [6.07, 6.45) is 6.71. The lowest BCUT2D eigenvalue weighted by atomic mass is 9.98. The monoisotopic (exact) mass is 288 g/mol. The van der Waals surface area contributed by atoms with Gasteiger partial charge in [-0.3, -0.25) is 9.78 Å². The molecule has 3 heterocycles. The lowest BCUT2D eigenvalue weighted by Gasteiger charge is -2.37. The standard InChI is InChI=1S/C16H24N4O/c1-19(2)16(21)15-10-13(6-7-17-15)20(3)14-8-11-4-5-12(9-14)18-11/h6-7,10-12,14,18H,4-5,8-9H2,1-3H3. The highest BCUT2D eigenvalue weighted by molar-refractivity contribution is 5.92. The molecule has 0 aromatic carbocycles. The zero-order chi connectivity index (χ0) is 15.0. The fourth-order valence-corrected chi connectivity index (χ4v) is 3.54. The molecule has 2 fully saturated rings. The fraction of sp³-hybridized carbons (Fsp3) is 0.625. The number of piperidine rings is 1. The number of amides is 1. The summed E-state index contributed by atoms with van der Waals surface area (Å²) in [4.78, 5) is 20.1. The Morgan fingerprint density at radius 2 is 1.90 bits per heavy atom. The number of hydrogen-bond donors (Lipinski definition) is 1. The van der Waals surface area contributed by atoms with Gasteiger partial charge in [0.15, 0.2) is 0 Å². The number of carbonyl (C=O) groups excluding carboxylic acids is 1. The first-order valence-electron chi connectivity index (χ1n) is 7.71. The Labute approximate surface area is 126 Å². The third kappa shape index (κ3) is 2.88. The maximum absolute atomic E-state index is 12.0. The molecule has 1 aromatic heterocycles. The molecular formula is C16H24N4O. The molecule has 0 spiro atoms. The van der Waals surface area contributed by atoms with Gasteiger partial charge < -0.3 is 15.1 Å². The summed E-state index contributed by atoms with van der Waals surface area (Å²) >= 11 is 0. The predicted molar refractivity (Wildman–Crippen MR) is 83.6 cm³/mol. The van der Waals surface area contributed by atoms with E-state index in [2.05, 4.69) is 22.2 Å². The topological polar surface area (TPSA) is 48.5 Å². The minimum atomic E-state index is -0.0457. The zero-order valence-electron chi connectivity index (χ0n) is 13.0. The van der Waals surface area contributed by atoms with Crippen LogP contribution in [0.4, 0.5) is 5.69 Å². The van der Waals surface area contributed by atoms with Crippen LogP contribution in [0, 0.1) is 0 Å². The zero-order valence-corrected chi connectivity index (χ0v) is 13.0. The van der Waals surface area contributed by atoms with Crippen molar-refractivity contribution in [3.63, 3.8) is 0 Å². The average molecular weight is 288 g/mol. The van der Waals surface area contributed by atoms with Gasteiger partial charge in [-0.05, 0) is 37.8 Å². The van der Waals surface area contributed by atoms with E-state index >= 15 is 0 Å². The summed E-state index contributed by atoms with van der Waals surface area (Å²) in [5, 5.41) is 3.67. The molecule has 2 aliphatic rings. The first-order chi connectivity index (χ1) is 10.0. The molecule has 21 heavy (non-hydrogen) atoms. The molecule has 2 saturated heterocycles. The number of pyridine rings is 1. The smallest absolute Gasteiger partial charge is 0.272 e. The summed E-state index contributed by atoms with van der Waals surface area (Å²) in [5.41, 5.74) is 1.60. The van der Waals surface area contributed by atoms with Crippen molar-refractivity contribution in [2.75, 3.05) is 26.0 Å². The lowest BCUT2D eigenvalue weighted by molar-refractivity contribution is 0.0822. The highest BCUT2D eigenvalue weighted by Crippen LogP contribution is 2.31. The Morgan fingerprint density at radius 1 is 1.24 bits per heavy atom. The van der Waals surface area contributed by atoms with Crippen LogP contribution in [-0.2, 0) is 0 Å². The Balaban J connectivity index is 1.77. The van der Waals surface area contributed by atoms with Crippen molar-refractivity contribution in [3.8, 4) is 0 Å². The molecule has 0 radical (unpaired) electrons. The summed E-state index contributed by atoms with van der Waals surface area (Å²) in [6, 6.07) is 5.79. The lowest BCUT2D eigenvalue weighted by Crippen LogP contribution is -2.47. The fourth-order valence-electron chi connectivity index (χ4n) is 3.54. The average Bonchev–Trinajstić information content (AvgIpc) is 2.84. The van der Waals surface area contributed by atoms with Crippen molar-refractivity contribution in [3.05, 3.63) is 24.0 Å².